The predicted molar refractivity (Wildman–Crippen MR) is 166 cm³/mol. The van der Waals surface area contributed by atoms with Crippen LogP contribution in [0.5, 0.6) is 0 Å². The van der Waals surface area contributed by atoms with Crippen molar-refractivity contribution in [2.24, 2.45) is 24.1 Å². The quantitative estimate of drug-likeness (QED) is 0.305. The predicted octanol–water partition coefficient (Wildman–Crippen LogP) is 3.19. The first kappa shape index (κ1) is 29.1. The number of para-hydroxylation sites is 1. The second-order valence-corrected chi connectivity index (χ2v) is 12.5. The van der Waals surface area contributed by atoms with E-state index < -0.39 is 23.6 Å². The summed E-state index contributed by atoms with van der Waals surface area (Å²) in [5.41, 5.74) is 5.88. The molecule has 3 N–H and O–H groups in total. The summed E-state index contributed by atoms with van der Waals surface area (Å²) >= 11 is 0. The molecule has 4 aliphatic rings. The molecular formula is C32H41N7O4. The number of benzene rings is 1. The van der Waals surface area contributed by atoms with Crippen LogP contribution < -0.4 is 27.2 Å². The Morgan fingerprint density at radius 3 is 2.51 bits per heavy atom. The van der Waals surface area contributed by atoms with Gasteiger partial charge >= 0.3 is 5.69 Å². The third kappa shape index (κ3) is 5.24. The Kier molecular flexibility index (Phi) is 7.85. The number of nitrogens with zero attached hydrogens (tertiary/aromatic N) is 5. The van der Waals surface area contributed by atoms with Crippen molar-refractivity contribution >= 4 is 34.5 Å². The maximum atomic E-state index is 14.0. The van der Waals surface area contributed by atoms with Gasteiger partial charge in [-0.25, -0.2) is 4.79 Å². The minimum Gasteiger partial charge on any atom is -0.341 e. The van der Waals surface area contributed by atoms with Gasteiger partial charge in [0.15, 0.2) is 16.9 Å². The van der Waals surface area contributed by atoms with Crippen molar-refractivity contribution in [2.75, 3.05) is 23.3 Å². The Bertz CT molecular complexity index is 1690. The van der Waals surface area contributed by atoms with E-state index >= 15 is 0 Å². The Morgan fingerprint density at radius 1 is 1.09 bits per heavy atom. The minimum absolute atomic E-state index is 0.00451. The van der Waals surface area contributed by atoms with Gasteiger partial charge in [0, 0.05) is 43.7 Å². The highest BCUT2D eigenvalue weighted by molar-refractivity contribution is 6.06. The molecule has 3 aliphatic carbocycles. The first-order chi connectivity index (χ1) is 20.7. The molecule has 3 aromatic rings. The van der Waals surface area contributed by atoms with Gasteiger partial charge in [-0.15, -0.1) is 0 Å². The number of imidazole rings is 1. The Labute approximate surface area is 250 Å². The smallest absolute Gasteiger partial charge is 0.332 e. The molecule has 0 radical (unpaired) electrons. The molecule has 3 heterocycles. The molecule has 2 aromatic heterocycles. The molecule has 228 valence electrons. The average Bonchev–Trinajstić information content (AvgIpc) is 3.42. The van der Waals surface area contributed by atoms with Crippen LogP contribution in [0.25, 0.3) is 11.2 Å². The lowest BCUT2D eigenvalue weighted by Crippen LogP contribution is -2.44. The number of aromatic nitrogens is 4. The molecule has 11 heteroatoms. The maximum absolute atomic E-state index is 14.0. The number of allylic oxidation sites excluding steroid dienone is 2. The molecule has 43 heavy (non-hydrogen) atoms. The summed E-state index contributed by atoms with van der Waals surface area (Å²) in [4.78, 5) is 61.5. The number of Topliss-reactive ketones (excluding diaryl/α,β-unsaturated/α-hetero) is 1. The third-order valence-corrected chi connectivity index (χ3v) is 9.83. The number of rotatable bonds is 8. The number of carbonyl (C=O) groups excluding carboxylic acids is 2. The van der Waals surface area contributed by atoms with Crippen molar-refractivity contribution in [1.82, 2.24) is 18.7 Å². The number of anilines is 2. The van der Waals surface area contributed by atoms with Gasteiger partial charge in [0.1, 0.15) is 0 Å². The molecule has 3 saturated carbocycles. The van der Waals surface area contributed by atoms with Crippen molar-refractivity contribution in [3.8, 4) is 0 Å². The van der Waals surface area contributed by atoms with Crippen LogP contribution in [0.4, 0.5) is 11.6 Å². The van der Waals surface area contributed by atoms with Crippen LogP contribution in [-0.4, -0.2) is 49.5 Å². The monoisotopic (exact) mass is 587 g/mol. The number of nitrogens with two attached hydrogens (primary N) is 1. The summed E-state index contributed by atoms with van der Waals surface area (Å²) in [7, 11) is 1.57. The van der Waals surface area contributed by atoms with Gasteiger partial charge in [-0.3, -0.25) is 23.5 Å². The lowest BCUT2D eigenvalue weighted by molar-refractivity contribution is -0.131. The van der Waals surface area contributed by atoms with Crippen molar-refractivity contribution < 1.29 is 9.59 Å². The van der Waals surface area contributed by atoms with Crippen LogP contribution in [0.15, 0.2) is 46.0 Å². The zero-order valence-electron chi connectivity index (χ0n) is 25.1. The highest BCUT2D eigenvalue weighted by Crippen LogP contribution is 2.50. The van der Waals surface area contributed by atoms with Gasteiger partial charge in [-0.2, -0.15) is 4.98 Å². The van der Waals surface area contributed by atoms with Crippen LogP contribution in [0.3, 0.4) is 0 Å². The molecule has 1 unspecified atom stereocenters. The summed E-state index contributed by atoms with van der Waals surface area (Å²) < 4.78 is 4.11. The van der Waals surface area contributed by atoms with Gasteiger partial charge in [-0.1, -0.05) is 24.3 Å². The summed E-state index contributed by atoms with van der Waals surface area (Å²) in [6, 6.07) is 6.83. The summed E-state index contributed by atoms with van der Waals surface area (Å²) in [6.45, 7) is 3.17. The first-order valence-electron chi connectivity index (χ1n) is 15.5. The highest BCUT2D eigenvalue weighted by Gasteiger charge is 2.46. The van der Waals surface area contributed by atoms with E-state index in [2.05, 4.69) is 10.2 Å². The lowest BCUT2D eigenvalue weighted by atomic mass is 9.60. The van der Waals surface area contributed by atoms with Crippen LogP contribution >= 0.6 is 0 Å². The number of piperidine rings is 1. The second kappa shape index (κ2) is 11.6. The molecule has 4 fully saturated rings. The normalized spacial score (nSPS) is 23.7. The molecular weight excluding hydrogens is 546 g/mol. The first-order valence-corrected chi connectivity index (χ1v) is 15.5. The van der Waals surface area contributed by atoms with Crippen LogP contribution in [0.1, 0.15) is 68.6 Å². The fraction of sp³-hybridized carbons (Fsp3) is 0.531. The van der Waals surface area contributed by atoms with Gasteiger partial charge in [0.25, 0.3) is 5.56 Å². The lowest BCUT2D eigenvalue weighted by Gasteiger charge is -2.45. The molecule has 1 aromatic carbocycles. The number of hydrogen-bond acceptors (Lipinski definition) is 7. The van der Waals surface area contributed by atoms with Crippen LogP contribution in [0, 0.1) is 11.3 Å². The van der Waals surface area contributed by atoms with Gasteiger partial charge in [0.2, 0.25) is 11.9 Å². The van der Waals surface area contributed by atoms with E-state index in [1.807, 2.05) is 23.6 Å². The van der Waals surface area contributed by atoms with E-state index in [0.29, 0.717) is 24.7 Å². The summed E-state index contributed by atoms with van der Waals surface area (Å²) in [5.74, 6) is 0.840. The average molecular weight is 588 g/mol. The highest BCUT2D eigenvalue weighted by atomic mass is 16.2. The van der Waals surface area contributed by atoms with Gasteiger partial charge < -0.3 is 20.5 Å². The number of carbonyl (C=O) groups is 2. The number of ketones is 1. The van der Waals surface area contributed by atoms with E-state index in [4.69, 9.17) is 10.7 Å². The van der Waals surface area contributed by atoms with E-state index in [0.717, 1.165) is 68.4 Å². The third-order valence-electron chi connectivity index (χ3n) is 9.83. The van der Waals surface area contributed by atoms with E-state index in [1.165, 1.54) is 4.57 Å². The van der Waals surface area contributed by atoms with Crippen molar-refractivity contribution in [1.29, 1.82) is 0 Å². The minimum atomic E-state index is -0.622. The largest absolute Gasteiger partial charge is 0.341 e. The summed E-state index contributed by atoms with van der Waals surface area (Å²) in [6.07, 6.45) is 11.5. The topological polar surface area (TPSA) is 137 Å². The SMILES string of the molecule is C/C=C/Cn1c(N2CCCC(N)C2)nc2c1c(=O)n(CC(=O)c1ccccc1NC(=O)C13CCC(CC1)CC3)c(=O)n2C. The van der Waals surface area contributed by atoms with E-state index in [9.17, 15) is 19.2 Å². The molecule has 1 saturated heterocycles. The van der Waals surface area contributed by atoms with Crippen molar-refractivity contribution in [3.63, 3.8) is 0 Å². The van der Waals surface area contributed by atoms with Gasteiger partial charge in [-0.05, 0) is 76.3 Å². The van der Waals surface area contributed by atoms with Gasteiger partial charge in [0.05, 0.1) is 12.2 Å². The molecule has 7 rings (SSSR count). The number of hydrogen-bond donors (Lipinski definition) is 2. The zero-order chi connectivity index (χ0) is 30.3. The Morgan fingerprint density at radius 2 is 1.81 bits per heavy atom. The molecule has 11 nitrogen and oxygen atoms in total. The van der Waals surface area contributed by atoms with E-state index in [1.54, 1.807) is 31.3 Å². The fourth-order valence-corrected chi connectivity index (χ4v) is 7.23. The number of aryl methyl sites for hydroxylation is 1. The van der Waals surface area contributed by atoms with Crippen LogP contribution in [0.2, 0.25) is 0 Å². The van der Waals surface area contributed by atoms with Crippen LogP contribution in [-0.2, 0) is 24.9 Å². The van der Waals surface area contributed by atoms with E-state index in [-0.39, 0.29) is 34.1 Å². The van der Waals surface area contributed by atoms with Crippen molar-refractivity contribution in [2.45, 2.75) is 77.4 Å². The standard InChI is InChI=1S/C32H41N7O4/c1-3-4-18-38-26-27(35-30(38)37-17-7-8-22(33)19-37)36(2)31(43)39(28(26)41)20-25(40)23-9-5-6-10-24(23)34-29(42)32-14-11-21(12-15-32)13-16-32/h3-6,9-10,21-22H,7-8,11-20,33H2,1-2H3,(H,34,42)/b4-3+. The maximum Gasteiger partial charge on any atom is 0.332 e. The molecule has 0 spiro atoms. The molecule has 1 amide bonds. The molecule has 2 bridgehead atoms. The Balaban J connectivity index is 1.35. The molecule has 1 aliphatic heterocycles. The number of amides is 1. The number of fused-ring (bicyclic) bond motifs is 4. The van der Waals surface area contributed by atoms with Crippen molar-refractivity contribution in [3.05, 3.63) is 62.8 Å². The Hall–Kier alpha value is -3.99. The molecule has 1 atom stereocenters. The fourth-order valence-electron chi connectivity index (χ4n) is 7.23. The second-order valence-electron chi connectivity index (χ2n) is 12.5. The zero-order valence-corrected chi connectivity index (χ0v) is 25.1. The summed E-state index contributed by atoms with van der Waals surface area (Å²) in [5, 5.41) is 3.04. The number of nitrogens with one attached hydrogen (secondary N) is 1.